The van der Waals surface area contributed by atoms with Crippen LogP contribution >= 0.6 is 0 Å². The average Bonchev–Trinajstić information content (AvgIpc) is 3.32. The number of aromatic nitrogens is 3. The van der Waals surface area contributed by atoms with Crippen molar-refractivity contribution in [2.75, 3.05) is 6.54 Å². The molecule has 1 aliphatic heterocycles. The summed E-state index contributed by atoms with van der Waals surface area (Å²) in [7, 11) is 0. The Morgan fingerprint density at radius 1 is 1.11 bits per heavy atom. The summed E-state index contributed by atoms with van der Waals surface area (Å²) >= 11 is 0. The normalized spacial score (nSPS) is 13.7. The second kappa shape index (κ2) is 6.09. The first kappa shape index (κ1) is 15.8. The standard InChI is InChI=1S/C21H17FN4O/c22-14-7-5-13(6-8-14)20-16(11-23-25-20)21(27)26-10-9-19-17(12-26)15-3-1-2-4-18(15)24-19/h1-8,11,24H,9-10,12H2,(H,23,25). The number of nitrogens with zero attached hydrogens (tertiary/aromatic N) is 2. The fourth-order valence-electron chi connectivity index (χ4n) is 3.80. The van der Waals surface area contributed by atoms with Crippen LogP contribution in [-0.4, -0.2) is 32.5 Å². The van der Waals surface area contributed by atoms with Gasteiger partial charge in [-0.2, -0.15) is 5.10 Å². The zero-order valence-corrected chi connectivity index (χ0v) is 14.5. The van der Waals surface area contributed by atoms with Crippen LogP contribution in [-0.2, 0) is 13.0 Å². The predicted octanol–water partition coefficient (Wildman–Crippen LogP) is 3.90. The van der Waals surface area contributed by atoms with Crippen molar-refractivity contribution < 1.29 is 9.18 Å². The minimum absolute atomic E-state index is 0.0704. The van der Waals surface area contributed by atoms with E-state index in [1.165, 1.54) is 23.4 Å². The Morgan fingerprint density at radius 3 is 2.78 bits per heavy atom. The van der Waals surface area contributed by atoms with Gasteiger partial charge in [0.1, 0.15) is 5.82 Å². The molecule has 6 heteroatoms. The molecule has 0 radical (unpaired) electrons. The van der Waals surface area contributed by atoms with Crippen LogP contribution in [0, 0.1) is 5.82 Å². The second-order valence-electron chi connectivity index (χ2n) is 6.77. The van der Waals surface area contributed by atoms with Crippen molar-refractivity contribution in [1.82, 2.24) is 20.1 Å². The lowest BCUT2D eigenvalue weighted by Gasteiger charge is -2.27. The number of benzene rings is 2. The minimum atomic E-state index is -0.311. The average molecular weight is 360 g/mol. The van der Waals surface area contributed by atoms with Gasteiger partial charge in [-0.25, -0.2) is 4.39 Å². The number of amides is 1. The van der Waals surface area contributed by atoms with E-state index in [9.17, 15) is 9.18 Å². The molecule has 0 spiro atoms. The lowest BCUT2D eigenvalue weighted by Crippen LogP contribution is -2.35. The molecule has 0 fully saturated rings. The molecule has 2 N–H and O–H groups in total. The van der Waals surface area contributed by atoms with Gasteiger partial charge in [0.05, 0.1) is 17.5 Å². The Morgan fingerprint density at radius 2 is 1.93 bits per heavy atom. The van der Waals surface area contributed by atoms with E-state index in [0.29, 0.717) is 24.3 Å². The van der Waals surface area contributed by atoms with Gasteiger partial charge in [-0.3, -0.25) is 9.89 Å². The van der Waals surface area contributed by atoms with E-state index < -0.39 is 0 Å². The summed E-state index contributed by atoms with van der Waals surface area (Å²) in [5, 5.41) is 8.09. The zero-order valence-electron chi connectivity index (χ0n) is 14.5. The van der Waals surface area contributed by atoms with Crippen LogP contribution in [0.4, 0.5) is 4.39 Å². The SMILES string of the molecule is O=C(c1cn[nH]c1-c1ccc(F)cc1)N1CCc2[nH]c3ccccc3c2C1. The monoisotopic (exact) mass is 360 g/mol. The Hall–Kier alpha value is -3.41. The van der Waals surface area contributed by atoms with Crippen LogP contribution < -0.4 is 0 Å². The molecule has 134 valence electrons. The fourth-order valence-corrected chi connectivity index (χ4v) is 3.80. The van der Waals surface area contributed by atoms with E-state index in [4.69, 9.17) is 0 Å². The second-order valence-corrected chi connectivity index (χ2v) is 6.77. The van der Waals surface area contributed by atoms with Crippen molar-refractivity contribution in [1.29, 1.82) is 0 Å². The number of nitrogens with one attached hydrogen (secondary N) is 2. The Balaban J connectivity index is 1.48. The maximum atomic E-state index is 13.2. The molecule has 0 atom stereocenters. The Labute approximate surface area is 154 Å². The highest BCUT2D eigenvalue weighted by Gasteiger charge is 2.27. The lowest BCUT2D eigenvalue weighted by atomic mass is 10.0. The minimum Gasteiger partial charge on any atom is -0.358 e. The topological polar surface area (TPSA) is 64.8 Å². The zero-order chi connectivity index (χ0) is 18.4. The Kier molecular flexibility index (Phi) is 3.57. The van der Waals surface area contributed by atoms with Gasteiger partial charge in [0.15, 0.2) is 0 Å². The van der Waals surface area contributed by atoms with E-state index in [0.717, 1.165) is 22.9 Å². The third-order valence-electron chi connectivity index (χ3n) is 5.17. The first-order valence-electron chi connectivity index (χ1n) is 8.88. The van der Waals surface area contributed by atoms with Crippen LogP contribution in [0.25, 0.3) is 22.2 Å². The van der Waals surface area contributed by atoms with Crippen LogP contribution in [0.1, 0.15) is 21.6 Å². The van der Waals surface area contributed by atoms with Crippen molar-refractivity contribution in [3.05, 3.63) is 77.4 Å². The number of para-hydroxylation sites is 1. The number of carbonyl (C=O) groups excluding carboxylic acids is 1. The van der Waals surface area contributed by atoms with Crippen molar-refractivity contribution in [2.45, 2.75) is 13.0 Å². The molecule has 2 aromatic heterocycles. The maximum absolute atomic E-state index is 13.2. The number of fused-ring (bicyclic) bond motifs is 3. The molecule has 0 aliphatic carbocycles. The van der Waals surface area contributed by atoms with E-state index in [1.54, 1.807) is 18.3 Å². The van der Waals surface area contributed by atoms with Gasteiger partial charge >= 0.3 is 0 Å². The third kappa shape index (κ3) is 2.61. The van der Waals surface area contributed by atoms with E-state index in [2.05, 4.69) is 27.3 Å². The summed E-state index contributed by atoms with van der Waals surface area (Å²) < 4.78 is 13.2. The summed E-state index contributed by atoms with van der Waals surface area (Å²) in [6.07, 6.45) is 2.34. The molecule has 27 heavy (non-hydrogen) atoms. The highest BCUT2D eigenvalue weighted by molar-refractivity contribution is 6.00. The number of rotatable bonds is 2. The van der Waals surface area contributed by atoms with Gasteiger partial charge < -0.3 is 9.88 Å². The number of carbonyl (C=O) groups is 1. The highest BCUT2D eigenvalue weighted by atomic mass is 19.1. The number of hydrogen-bond acceptors (Lipinski definition) is 2. The number of hydrogen-bond donors (Lipinski definition) is 2. The quantitative estimate of drug-likeness (QED) is 0.569. The van der Waals surface area contributed by atoms with Gasteiger partial charge in [-0.05, 0) is 30.3 Å². The van der Waals surface area contributed by atoms with Crippen LogP contribution in [0.2, 0.25) is 0 Å². The molecule has 4 aromatic rings. The summed E-state index contributed by atoms with van der Waals surface area (Å²) in [6, 6.07) is 14.2. The van der Waals surface area contributed by atoms with Crippen LogP contribution in [0.5, 0.6) is 0 Å². The van der Waals surface area contributed by atoms with Gasteiger partial charge in [0.2, 0.25) is 0 Å². The molecule has 0 unspecified atom stereocenters. The van der Waals surface area contributed by atoms with Gasteiger partial charge in [-0.15, -0.1) is 0 Å². The lowest BCUT2D eigenvalue weighted by molar-refractivity contribution is 0.0736. The summed E-state index contributed by atoms with van der Waals surface area (Å²) in [5.74, 6) is -0.381. The fraction of sp³-hybridized carbons (Fsp3) is 0.143. The number of aromatic amines is 2. The summed E-state index contributed by atoms with van der Waals surface area (Å²) in [4.78, 5) is 18.5. The van der Waals surface area contributed by atoms with E-state index >= 15 is 0 Å². The number of H-pyrrole nitrogens is 2. The first-order chi connectivity index (χ1) is 13.2. The summed E-state index contributed by atoms with van der Waals surface area (Å²) in [5.41, 5.74) is 5.34. The van der Waals surface area contributed by atoms with Crippen molar-refractivity contribution in [2.24, 2.45) is 0 Å². The molecule has 1 amide bonds. The van der Waals surface area contributed by atoms with Crippen molar-refractivity contribution >= 4 is 16.8 Å². The van der Waals surface area contributed by atoms with Crippen molar-refractivity contribution in [3.63, 3.8) is 0 Å². The van der Waals surface area contributed by atoms with Gasteiger partial charge in [-0.1, -0.05) is 18.2 Å². The van der Waals surface area contributed by atoms with Crippen LogP contribution in [0.15, 0.2) is 54.7 Å². The van der Waals surface area contributed by atoms with Crippen LogP contribution in [0.3, 0.4) is 0 Å². The van der Waals surface area contributed by atoms with Crippen molar-refractivity contribution in [3.8, 4) is 11.3 Å². The molecule has 0 saturated heterocycles. The largest absolute Gasteiger partial charge is 0.358 e. The molecule has 5 nitrogen and oxygen atoms in total. The number of halogens is 1. The molecule has 0 bridgehead atoms. The molecule has 3 heterocycles. The molecule has 5 rings (SSSR count). The first-order valence-corrected chi connectivity index (χ1v) is 8.88. The Bertz CT molecular complexity index is 1140. The van der Waals surface area contributed by atoms with E-state index in [1.807, 2.05) is 17.0 Å². The maximum Gasteiger partial charge on any atom is 0.258 e. The highest BCUT2D eigenvalue weighted by Crippen LogP contribution is 2.29. The van der Waals surface area contributed by atoms with Gasteiger partial charge in [0, 0.05) is 47.2 Å². The van der Waals surface area contributed by atoms with E-state index in [-0.39, 0.29) is 11.7 Å². The third-order valence-corrected chi connectivity index (χ3v) is 5.17. The molecule has 2 aromatic carbocycles. The van der Waals surface area contributed by atoms with Gasteiger partial charge in [0.25, 0.3) is 5.91 Å². The predicted molar refractivity (Wildman–Crippen MR) is 101 cm³/mol. The molecule has 0 saturated carbocycles. The molecule has 1 aliphatic rings. The molecular formula is C21H17FN4O. The smallest absolute Gasteiger partial charge is 0.258 e. The molecular weight excluding hydrogens is 343 g/mol. The summed E-state index contributed by atoms with van der Waals surface area (Å²) in [6.45, 7) is 1.21.